The first-order valence-corrected chi connectivity index (χ1v) is 10.7. The smallest absolute Gasteiger partial charge is 0.268 e. The standard InChI is InChI=1S/C17H25N3O3S2/c1-12-10-13-15(25-12)16(22)20(8-9-23-2)17(18-13)24-11-14(21)19-6-4-3-5-7-19/h12H,3-11H2,1-2H3/t12-/m0/s1. The molecule has 0 N–H and O–H groups in total. The van der Waals surface area contributed by atoms with E-state index < -0.39 is 0 Å². The Labute approximate surface area is 156 Å². The van der Waals surface area contributed by atoms with E-state index in [0.717, 1.165) is 42.9 Å². The van der Waals surface area contributed by atoms with Crippen LogP contribution in [0.1, 0.15) is 31.9 Å². The maximum atomic E-state index is 12.8. The van der Waals surface area contributed by atoms with E-state index in [1.807, 2.05) is 4.90 Å². The van der Waals surface area contributed by atoms with Gasteiger partial charge >= 0.3 is 0 Å². The Morgan fingerprint density at radius 3 is 2.84 bits per heavy atom. The second-order valence-corrected chi connectivity index (χ2v) is 8.87. The van der Waals surface area contributed by atoms with E-state index in [-0.39, 0.29) is 11.5 Å². The molecule has 0 spiro atoms. The number of thioether (sulfide) groups is 2. The summed E-state index contributed by atoms with van der Waals surface area (Å²) in [5.41, 5.74) is 0.883. The van der Waals surface area contributed by atoms with E-state index in [2.05, 4.69) is 6.92 Å². The monoisotopic (exact) mass is 383 g/mol. The Balaban J connectivity index is 1.77. The van der Waals surface area contributed by atoms with Gasteiger partial charge in [-0.05, 0) is 19.3 Å². The van der Waals surface area contributed by atoms with Crippen LogP contribution in [0.25, 0.3) is 0 Å². The Morgan fingerprint density at radius 1 is 1.36 bits per heavy atom. The fraction of sp³-hybridized carbons (Fsp3) is 0.706. The molecule has 1 saturated heterocycles. The zero-order valence-electron chi connectivity index (χ0n) is 14.8. The number of carbonyl (C=O) groups excluding carboxylic acids is 1. The lowest BCUT2D eigenvalue weighted by atomic mass is 10.1. The number of likely N-dealkylation sites (tertiary alicyclic amines) is 1. The van der Waals surface area contributed by atoms with Crippen molar-refractivity contribution < 1.29 is 9.53 Å². The van der Waals surface area contributed by atoms with Crippen molar-refractivity contribution in [3.8, 4) is 0 Å². The lowest BCUT2D eigenvalue weighted by Crippen LogP contribution is -2.37. The molecule has 0 radical (unpaired) electrons. The van der Waals surface area contributed by atoms with Gasteiger partial charge in [-0.2, -0.15) is 0 Å². The van der Waals surface area contributed by atoms with Crippen molar-refractivity contribution in [3.05, 3.63) is 16.0 Å². The summed E-state index contributed by atoms with van der Waals surface area (Å²) in [5.74, 6) is 0.474. The summed E-state index contributed by atoms with van der Waals surface area (Å²) >= 11 is 2.98. The minimum atomic E-state index is 0.00400. The molecular weight excluding hydrogens is 358 g/mol. The van der Waals surface area contributed by atoms with E-state index in [4.69, 9.17) is 9.72 Å². The van der Waals surface area contributed by atoms with Crippen molar-refractivity contribution in [2.75, 3.05) is 32.6 Å². The van der Waals surface area contributed by atoms with Crippen molar-refractivity contribution in [2.24, 2.45) is 0 Å². The van der Waals surface area contributed by atoms with Crippen molar-refractivity contribution in [3.63, 3.8) is 0 Å². The molecule has 2 aliphatic heterocycles. The van der Waals surface area contributed by atoms with Crippen LogP contribution < -0.4 is 5.56 Å². The molecular formula is C17H25N3O3S2. The van der Waals surface area contributed by atoms with Gasteiger partial charge in [0, 0.05) is 31.9 Å². The van der Waals surface area contributed by atoms with Crippen molar-refractivity contribution in [2.45, 2.75) is 54.5 Å². The fourth-order valence-corrected chi connectivity index (χ4v) is 5.24. The molecule has 0 unspecified atom stereocenters. The molecule has 0 saturated carbocycles. The molecule has 25 heavy (non-hydrogen) atoms. The Morgan fingerprint density at radius 2 is 2.12 bits per heavy atom. The molecule has 6 nitrogen and oxygen atoms in total. The van der Waals surface area contributed by atoms with Crippen LogP contribution in [0.5, 0.6) is 0 Å². The summed E-state index contributed by atoms with van der Waals surface area (Å²) in [5, 5.41) is 1.02. The van der Waals surface area contributed by atoms with Gasteiger partial charge in [0.25, 0.3) is 5.56 Å². The number of rotatable bonds is 6. The molecule has 2 aliphatic rings. The van der Waals surface area contributed by atoms with Gasteiger partial charge in [-0.1, -0.05) is 18.7 Å². The number of carbonyl (C=O) groups is 1. The van der Waals surface area contributed by atoms with Gasteiger partial charge in [-0.15, -0.1) is 11.8 Å². The first-order chi connectivity index (χ1) is 12.1. The highest BCUT2D eigenvalue weighted by Crippen LogP contribution is 2.34. The van der Waals surface area contributed by atoms with Gasteiger partial charge in [0.1, 0.15) is 0 Å². The predicted octanol–water partition coefficient (Wildman–Crippen LogP) is 2.03. The number of fused-ring (bicyclic) bond motifs is 1. The van der Waals surface area contributed by atoms with Gasteiger partial charge in [0.15, 0.2) is 5.16 Å². The van der Waals surface area contributed by atoms with Crippen LogP contribution in [0.4, 0.5) is 0 Å². The number of piperidine rings is 1. The van der Waals surface area contributed by atoms with Gasteiger partial charge in [-0.25, -0.2) is 4.98 Å². The van der Waals surface area contributed by atoms with Crippen LogP contribution in [-0.4, -0.2) is 58.2 Å². The minimum Gasteiger partial charge on any atom is -0.383 e. The van der Waals surface area contributed by atoms with Crippen LogP contribution >= 0.6 is 23.5 Å². The molecule has 0 aromatic carbocycles. The molecule has 1 fully saturated rings. The summed E-state index contributed by atoms with van der Waals surface area (Å²) in [6.07, 6.45) is 4.19. The minimum absolute atomic E-state index is 0.00400. The average Bonchev–Trinajstić information content (AvgIpc) is 3.00. The van der Waals surface area contributed by atoms with Gasteiger partial charge < -0.3 is 9.64 Å². The molecule has 0 bridgehead atoms. The fourth-order valence-electron chi connectivity index (χ4n) is 3.18. The largest absolute Gasteiger partial charge is 0.383 e. The highest BCUT2D eigenvalue weighted by atomic mass is 32.2. The molecule has 0 aliphatic carbocycles. The first-order valence-electron chi connectivity index (χ1n) is 8.80. The maximum Gasteiger partial charge on any atom is 0.268 e. The third kappa shape index (κ3) is 4.41. The van der Waals surface area contributed by atoms with Crippen LogP contribution in [0.3, 0.4) is 0 Å². The van der Waals surface area contributed by atoms with E-state index in [1.54, 1.807) is 23.4 Å². The molecule has 1 aromatic rings. The number of nitrogens with zero attached hydrogens (tertiary/aromatic N) is 3. The van der Waals surface area contributed by atoms with Crippen molar-refractivity contribution >= 4 is 29.4 Å². The maximum absolute atomic E-state index is 12.8. The number of aromatic nitrogens is 2. The Hall–Kier alpha value is -0.990. The molecule has 1 atom stereocenters. The summed E-state index contributed by atoms with van der Waals surface area (Å²) in [4.78, 5) is 32.6. The predicted molar refractivity (Wildman–Crippen MR) is 101 cm³/mol. The van der Waals surface area contributed by atoms with Crippen molar-refractivity contribution in [1.82, 2.24) is 14.5 Å². The average molecular weight is 384 g/mol. The summed E-state index contributed by atoms with van der Waals surface area (Å²) in [7, 11) is 1.62. The first kappa shape index (κ1) is 18.8. The SMILES string of the molecule is COCCn1c(SCC(=O)N2CCCCC2)nc2c(c1=O)S[C@@H](C)C2. The summed E-state index contributed by atoms with van der Waals surface area (Å²) in [6.45, 7) is 4.72. The number of ether oxygens (including phenoxy) is 1. The summed E-state index contributed by atoms with van der Waals surface area (Å²) in [6, 6.07) is 0. The van der Waals surface area contributed by atoms with Gasteiger partial charge in [-0.3, -0.25) is 14.2 Å². The van der Waals surface area contributed by atoms with Crippen LogP contribution in [0, 0.1) is 0 Å². The topological polar surface area (TPSA) is 64.4 Å². The normalized spacial score (nSPS) is 19.9. The zero-order valence-corrected chi connectivity index (χ0v) is 16.5. The zero-order chi connectivity index (χ0) is 17.8. The molecule has 3 heterocycles. The number of amides is 1. The molecule has 1 aromatic heterocycles. The van der Waals surface area contributed by atoms with Gasteiger partial charge in [0.2, 0.25) is 5.91 Å². The van der Waals surface area contributed by atoms with E-state index >= 15 is 0 Å². The molecule has 8 heteroatoms. The second-order valence-electron chi connectivity index (χ2n) is 6.48. The molecule has 138 valence electrons. The molecule has 1 amide bonds. The van der Waals surface area contributed by atoms with E-state index in [1.165, 1.54) is 18.2 Å². The van der Waals surface area contributed by atoms with E-state index in [0.29, 0.717) is 29.3 Å². The third-order valence-corrected chi connectivity index (χ3v) is 6.69. The summed E-state index contributed by atoms with van der Waals surface area (Å²) < 4.78 is 6.81. The second kappa shape index (κ2) is 8.60. The number of hydrogen-bond acceptors (Lipinski definition) is 6. The van der Waals surface area contributed by atoms with E-state index in [9.17, 15) is 9.59 Å². The van der Waals surface area contributed by atoms with Crippen LogP contribution in [0.2, 0.25) is 0 Å². The molecule has 3 rings (SSSR count). The highest BCUT2D eigenvalue weighted by Gasteiger charge is 2.27. The van der Waals surface area contributed by atoms with Crippen molar-refractivity contribution in [1.29, 1.82) is 0 Å². The Bertz CT molecular complexity index is 686. The number of hydrogen-bond donors (Lipinski definition) is 0. The van der Waals surface area contributed by atoms with Gasteiger partial charge in [0.05, 0.1) is 29.5 Å². The Kier molecular flexibility index (Phi) is 6.46. The number of methoxy groups -OCH3 is 1. The quantitative estimate of drug-likeness (QED) is 0.553. The lowest BCUT2D eigenvalue weighted by Gasteiger charge is -2.26. The highest BCUT2D eigenvalue weighted by molar-refractivity contribution is 8.00. The van der Waals surface area contributed by atoms with Crippen LogP contribution in [0.15, 0.2) is 14.8 Å². The third-order valence-electron chi connectivity index (χ3n) is 4.52. The van der Waals surface area contributed by atoms with Crippen LogP contribution in [-0.2, 0) is 22.5 Å². The lowest BCUT2D eigenvalue weighted by molar-refractivity contribution is -0.129.